The monoisotopic (exact) mass is 606 g/mol. The zero-order chi connectivity index (χ0) is 28.9. The minimum atomic E-state index is 0.165. The van der Waals surface area contributed by atoms with E-state index in [0.29, 0.717) is 16.8 Å². The van der Waals surface area contributed by atoms with Crippen LogP contribution in [-0.4, -0.2) is 24.9 Å². The van der Waals surface area contributed by atoms with Crippen LogP contribution in [0.25, 0.3) is 44.1 Å². The van der Waals surface area contributed by atoms with Gasteiger partial charge in [-0.25, -0.2) is 19.9 Å². The number of anilines is 2. The lowest BCUT2D eigenvalue weighted by molar-refractivity contribution is 1.20. The number of aromatic nitrogens is 5. The molecule has 0 radical (unpaired) electrons. The van der Waals surface area contributed by atoms with Crippen LogP contribution < -0.4 is 5.32 Å². The van der Waals surface area contributed by atoms with Crippen molar-refractivity contribution in [2.24, 2.45) is 0 Å². The molecule has 0 fully saturated rings. The normalized spacial score (nSPS) is 10.7. The standard InChI is InChI=1S/C19H13ClN4.C14H8Cl2N2/c20-19-22-15-10-6-9-14(13-7-2-1-3-8-13)17(15)18(24-19)23-16-11-4-5-12-21-16;15-13-12-10(9-5-2-1-3-6-9)7-4-8-11(12)17-14(16)18-13/h1-12H,(H,21,22,23,24);1-8H. The number of pyridine rings is 1. The fraction of sp³-hybridized carbons (Fsp3) is 0. The maximum absolute atomic E-state index is 6.18. The summed E-state index contributed by atoms with van der Waals surface area (Å²) in [5, 5.41) is 5.74. The van der Waals surface area contributed by atoms with Crippen LogP contribution in [0.1, 0.15) is 0 Å². The second-order valence-electron chi connectivity index (χ2n) is 9.10. The molecule has 7 rings (SSSR count). The molecule has 0 unspecified atom stereocenters. The van der Waals surface area contributed by atoms with Gasteiger partial charge in [0.05, 0.1) is 16.4 Å². The van der Waals surface area contributed by atoms with Crippen LogP contribution >= 0.6 is 34.8 Å². The second-order valence-corrected chi connectivity index (χ2v) is 10.1. The molecule has 0 amide bonds. The highest BCUT2D eigenvalue weighted by molar-refractivity contribution is 6.36. The molecule has 9 heteroatoms. The second kappa shape index (κ2) is 12.5. The van der Waals surface area contributed by atoms with Crippen molar-refractivity contribution < 1.29 is 0 Å². The summed E-state index contributed by atoms with van der Waals surface area (Å²) in [5.41, 5.74) is 5.77. The van der Waals surface area contributed by atoms with Gasteiger partial charge >= 0.3 is 0 Å². The SMILES string of the molecule is Clc1nc(Cl)c2c(-c3ccccc3)cccc2n1.Clc1nc(Nc2ccccn2)c2c(-c3ccccc3)cccc2n1. The molecule has 0 aliphatic carbocycles. The molecule has 0 saturated heterocycles. The Hall–Kier alpha value is -4.62. The molecule has 204 valence electrons. The minimum Gasteiger partial charge on any atom is -0.324 e. The van der Waals surface area contributed by atoms with Gasteiger partial charge in [-0.3, -0.25) is 0 Å². The maximum Gasteiger partial charge on any atom is 0.224 e. The van der Waals surface area contributed by atoms with E-state index in [9.17, 15) is 0 Å². The maximum atomic E-state index is 6.18. The lowest BCUT2D eigenvalue weighted by Crippen LogP contribution is -1.99. The summed E-state index contributed by atoms with van der Waals surface area (Å²) in [4.78, 5) is 21.2. The number of fused-ring (bicyclic) bond motifs is 2. The number of nitrogens with zero attached hydrogens (tertiary/aromatic N) is 5. The summed E-state index contributed by atoms with van der Waals surface area (Å²) in [7, 11) is 0. The largest absolute Gasteiger partial charge is 0.324 e. The first-order chi connectivity index (χ1) is 20.6. The topological polar surface area (TPSA) is 76.5 Å². The van der Waals surface area contributed by atoms with Gasteiger partial charge in [0.25, 0.3) is 0 Å². The van der Waals surface area contributed by atoms with Crippen molar-refractivity contribution >= 4 is 68.2 Å². The Labute approximate surface area is 257 Å². The van der Waals surface area contributed by atoms with Crippen LogP contribution in [-0.2, 0) is 0 Å². The van der Waals surface area contributed by atoms with E-state index >= 15 is 0 Å². The molecule has 0 saturated carbocycles. The van der Waals surface area contributed by atoms with Gasteiger partial charge < -0.3 is 5.32 Å². The predicted octanol–water partition coefficient (Wildman–Crippen LogP) is 9.69. The molecule has 0 bridgehead atoms. The van der Waals surface area contributed by atoms with Crippen molar-refractivity contribution in [2.45, 2.75) is 0 Å². The average molecular weight is 608 g/mol. The summed E-state index contributed by atoms with van der Waals surface area (Å²) in [6.45, 7) is 0. The molecule has 42 heavy (non-hydrogen) atoms. The lowest BCUT2D eigenvalue weighted by atomic mass is 10.0. The highest BCUT2D eigenvalue weighted by Crippen LogP contribution is 2.34. The molecular weight excluding hydrogens is 587 g/mol. The predicted molar refractivity (Wildman–Crippen MR) is 172 cm³/mol. The van der Waals surface area contributed by atoms with E-state index in [1.807, 2.05) is 97.1 Å². The van der Waals surface area contributed by atoms with Crippen molar-refractivity contribution in [2.75, 3.05) is 5.32 Å². The number of rotatable bonds is 4. The van der Waals surface area contributed by atoms with Gasteiger partial charge in [-0.1, -0.05) is 103 Å². The van der Waals surface area contributed by atoms with Gasteiger partial charge in [-0.15, -0.1) is 0 Å². The Morgan fingerprint density at radius 2 is 1.02 bits per heavy atom. The molecule has 3 heterocycles. The molecule has 0 aliphatic rings. The van der Waals surface area contributed by atoms with Crippen LogP contribution in [0, 0.1) is 0 Å². The Morgan fingerprint density at radius 3 is 1.62 bits per heavy atom. The Morgan fingerprint density at radius 1 is 0.476 bits per heavy atom. The van der Waals surface area contributed by atoms with Gasteiger partial charge in [-0.05, 0) is 69.7 Å². The number of hydrogen-bond acceptors (Lipinski definition) is 6. The molecular formula is C33H21Cl3N6. The third kappa shape index (κ3) is 6.02. The Balaban J connectivity index is 0.000000157. The van der Waals surface area contributed by atoms with E-state index in [4.69, 9.17) is 34.8 Å². The molecule has 7 aromatic rings. The number of nitrogens with one attached hydrogen (secondary N) is 1. The fourth-order valence-corrected chi connectivity index (χ4v) is 5.30. The van der Waals surface area contributed by atoms with E-state index in [1.54, 1.807) is 6.20 Å². The smallest absolute Gasteiger partial charge is 0.224 e. The van der Waals surface area contributed by atoms with Crippen molar-refractivity contribution in [1.82, 2.24) is 24.9 Å². The van der Waals surface area contributed by atoms with Gasteiger partial charge in [0, 0.05) is 11.6 Å². The van der Waals surface area contributed by atoms with Gasteiger partial charge in [0.2, 0.25) is 10.6 Å². The highest BCUT2D eigenvalue weighted by Gasteiger charge is 2.13. The van der Waals surface area contributed by atoms with Gasteiger partial charge in [0.1, 0.15) is 16.8 Å². The van der Waals surface area contributed by atoms with Crippen molar-refractivity contribution in [3.63, 3.8) is 0 Å². The molecule has 1 N–H and O–H groups in total. The zero-order valence-corrected chi connectivity index (χ0v) is 24.2. The molecule has 0 aliphatic heterocycles. The lowest BCUT2D eigenvalue weighted by Gasteiger charge is -2.12. The van der Waals surface area contributed by atoms with Crippen LogP contribution in [0.4, 0.5) is 11.6 Å². The van der Waals surface area contributed by atoms with E-state index < -0.39 is 0 Å². The van der Waals surface area contributed by atoms with E-state index in [2.05, 4.69) is 48.4 Å². The number of benzene rings is 4. The molecule has 3 aromatic heterocycles. The van der Waals surface area contributed by atoms with Gasteiger partial charge in [-0.2, -0.15) is 4.98 Å². The first-order valence-electron chi connectivity index (χ1n) is 12.9. The number of halogens is 3. The molecule has 0 spiro atoms. The minimum absolute atomic E-state index is 0.165. The quantitative estimate of drug-likeness (QED) is 0.159. The Kier molecular flexibility index (Phi) is 8.19. The van der Waals surface area contributed by atoms with E-state index in [0.717, 1.165) is 44.1 Å². The Bertz CT molecular complexity index is 1990. The summed E-state index contributed by atoms with van der Waals surface area (Å²) < 4.78 is 0. The average Bonchev–Trinajstić information content (AvgIpc) is 3.02. The highest BCUT2D eigenvalue weighted by atomic mass is 35.5. The van der Waals surface area contributed by atoms with Crippen LogP contribution in [0.3, 0.4) is 0 Å². The number of hydrogen-bond donors (Lipinski definition) is 1. The van der Waals surface area contributed by atoms with Crippen molar-refractivity contribution in [3.05, 3.63) is 137 Å². The summed E-state index contributed by atoms with van der Waals surface area (Å²) in [5.74, 6) is 1.35. The summed E-state index contributed by atoms with van der Waals surface area (Å²) >= 11 is 18.1. The molecule has 6 nitrogen and oxygen atoms in total. The summed E-state index contributed by atoms with van der Waals surface area (Å²) in [6, 6.07) is 37.6. The zero-order valence-electron chi connectivity index (χ0n) is 21.9. The third-order valence-electron chi connectivity index (χ3n) is 6.43. The van der Waals surface area contributed by atoms with E-state index in [-0.39, 0.29) is 10.6 Å². The third-order valence-corrected chi connectivity index (χ3v) is 7.04. The van der Waals surface area contributed by atoms with Gasteiger partial charge in [0.15, 0.2) is 0 Å². The summed E-state index contributed by atoms with van der Waals surface area (Å²) in [6.07, 6.45) is 1.73. The fourth-order valence-electron chi connectivity index (χ4n) is 4.63. The van der Waals surface area contributed by atoms with E-state index in [1.165, 1.54) is 0 Å². The van der Waals surface area contributed by atoms with Crippen molar-refractivity contribution in [1.29, 1.82) is 0 Å². The molecule has 0 atom stereocenters. The van der Waals surface area contributed by atoms with Crippen LogP contribution in [0.2, 0.25) is 15.7 Å². The van der Waals surface area contributed by atoms with Crippen LogP contribution in [0.15, 0.2) is 121 Å². The molecule has 4 aromatic carbocycles. The van der Waals surface area contributed by atoms with Crippen molar-refractivity contribution in [3.8, 4) is 22.3 Å². The first kappa shape index (κ1) is 27.5. The van der Waals surface area contributed by atoms with Crippen LogP contribution in [0.5, 0.6) is 0 Å². The first-order valence-corrected chi connectivity index (χ1v) is 14.1.